The molecule has 136 heavy (non-hydrogen) atoms. The van der Waals surface area contributed by atoms with E-state index in [-0.39, 0.29) is 0 Å². The van der Waals surface area contributed by atoms with Gasteiger partial charge in [0.1, 0.15) is 11.6 Å². The summed E-state index contributed by atoms with van der Waals surface area (Å²) in [4.78, 5) is 11.0. The molecule has 0 N–H and O–H groups in total. The summed E-state index contributed by atoms with van der Waals surface area (Å²) >= 11 is 0. The van der Waals surface area contributed by atoms with Crippen LogP contribution in [0.15, 0.2) is 522 Å². The van der Waals surface area contributed by atoms with Crippen molar-refractivity contribution in [2.24, 2.45) is 0 Å². The zero-order chi connectivity index (χ0) is 89.9. The van der Waals surface area contributed by atoms with Crippen LogP contribution in [0.3, 0.4) is 0 Å². The van der Waals surface area contributed by atoms with Gasteiger partial charge in [-0.05, 0) is 266 Å². The second-order valence-corrected chi connectivity index (χ2v) is 35.2. The molecule has 0 saturated heterocycles. The fourth-order valence-corrected chi connectivity index (χ4v) is 21.3. The Morgan fingerprint density at radius 2 is 0.375 bits per heavy atom. The monoisotopic (exact) mass is 1730 g/mol. The predicted molar refractivity (Wildman–Crippen MR) is 573 cm³/mol. The van der Waals surface area contributed by atoms with Gasteiger partial charge in [0.25, 0.3) is 0 Å². The Morgan fingerprint density at radius 3 is 0.779 bits per heavy atom. The van der Waals surface area contributed by atoms with Gasteiger partial charge < -0.3 is 0 Å². The molecule has 634 valence electrons. The molecule has 4 heteroatoms. The number of para-hydroxylation sites is 4. The van der Waals surface area contributed by atoms with Crippen molar-refractivity contribution in [3.8, 4) is 190 Å². The third-order valence-corrected chi connectivity index (χ3v) is 27.4. The molecule has 4 nitrogen and oxygen atoms in total. The predicted octanol–water partition coefficient (Wildman–Crippen LogP) is 35.6. The van der Waals surface area contributed by atoms with Crippen LogP contribution in [-0.4, -0.2) is 19.1 Å². The maximum absolute atomic E-state index is 5.57. The van der Waals surface area contributed by atoms with Gasteiger partial charge in [0.2, 0.25) is 0 Å². The summed E-state index contributed by atoms with van der Waals surface area (Å²) in [7, 11) is 0. The van der Waals surface area contributed by atoms with Gasteiger partial charge in [-0.2, -0.15) is 0 Å². The lowest BCUT2D eigenvalue weighted by molar-refractivity contribution is 1.10. The maximum atomic E-state index is 5.57. The average Bonchev–Trinajstić information content (AvgIpc) is 1.45. The van der Waals surface area contributed by atoms with Gasteiger partial charge in [-0.25, -0.2) is 9.97 Å². The van der Waals surface area contributed by atoms with Crippen LogP contribution in [0.1, 0.15) is 0 Å². The van der Waals surface area contributed by atoms with E-state index in [0.29, 0.717) is 0 Å². The highest BCUT2D eigenvalue weighted by Gasteiger charge is 2.30. The van der Waals surface area contributed by atoms with Crippen molar-refractivity contribution in [1.29, 1.82) is 0 Å². The van der Waals surface area contributed by atoms with E-state index < -0.39 is 0 Å². The number of aromatic nitrogens is 4. The first-order valence-corrected chi connectivity index (χ1v) is 46.7. The number of hydrogen-bond acceptors (Lipinski definition) is 2. The minimum atomic E-state index is 0.864. The SMILES string of the molecule is c1ccc(-c2cc(-c3ccc(-c4c5ccccc5c(-c5nc6ccccc6n5-c5ccccc5)c5ccccc45)cc3)c(-c3ccccc3)c(-c3ccccc3)c2-c2ccc(-c3ccc4nc(-c5ccc(-c6c7ccccc7c(-c7cccc(-c8cc(-c9ccccc9)c(-c9ccccc9)c(-c9ccccc9)c8-c8ccccc8)c7)c7ccccc67)cc5)n(-c5ccccc5)c4c3)cc2)cc1. The van der Waals surface area contributed by atoms with Crippen molar-refractivity contribution in [2.75, 3.05) is 0 Å². The molecule has 0 aliphatic rings. The zero-order valence-electron chi connectivity index (χ0n) is 74.4. The van der Waals surface area contributed by atoms with Crippen LogP contribution >= 0.6 is 0 Å². The van der Waals surface area contributed by atoms with Crippen LogP contribution in [0.4, 0.5) is 0 Å². The second kappa shape index (κ2) is 34.4. The lowest BCUT2D eigenvalue weighted by atomic mass is 9.78. The summed E-state index contributed by atoms with van der Waals surface area (Å²) < 4.78 is 4.67. The molecule has 0 fully saturated rings. The van der Waals surface area contributed by atoms with E-state index in [4.69, 9.17) is 9.97 Å². The number of benzene rings is 23. The molecule has 2 heterocycles. The molecular formula is C132H86N4. The quantitative estimate of drug-likeness (QED) is 0.0803. The lowest BCUT2D eigenvalue weighted by Gasteiger charge is -2.25. The second-order valence-electron chi connectivity index (χ2n) is 35.2. The molecule has 0 atom stereocenters. The minimum Gasteiger partial charge on any atom is -0.292 e. The van der Waals surface area contributed by atoms with Gasteiger partial charge in [0, 0.05) is 22.5 Å². The Kier molecular flexibility index (Phi) is 20.3. The number of imidazole rings is 2. The van der Waals surface area contributed by atoms with Crippen LogP contribution in [0.25, 0.3) is 255 Å². The van der Waals surface area contributed by atoms with Gasteiger partial charge in [0.15, 0.2) is 0 Å². The molecule has 0 aliphatic carbocycles. The van der Waals surface area contributed by atoms with Gasteiger partial charge in [-0.1, -0.05) is 455 Å². The fourth-order valence-electron chi connectivity index (χ4n) is 21.3. The standard InChI is InChI=1S/C132H86N4/c1-10-39-88(40-11-1)113-85-115(90-71-75-96(76-72-90)122-109-63-32-34-65-111(109)130(112-66-35-33-64-110(112)122)132-134-117-67-36-37-68-119(117)135(132)103-55-24-8-25-56-103)125(92-45-16-4-17-46-92)129(95-51-22-7-23-52-95)127(113)98-73-69-87(70-74-98)100-81-82-118-120(84-100)136(104-57-26-9-27-58-104)131(133-118)99-79-77-97(78-80-99)121-105-59-28-30-61-107(105)123(108-62-31-29-60-106(108)121)102-54-38-53-101(83-102)116-86-114(89-41-12-2-13-42-89)124(91-43-14-3-15-44-91)128(94-49-20-6-21-50-94)126(116)93-47-18-5-19-48-93/h1-86H. The molecule has 2 aromatic heterocycles. The molecule has 0 saturated carbocycles. The number of hydrogen-bond donors (Lipinski definition) is 0. The van der Waals surface area contributed by atoms with Crippen LogP contribution in [-0.2, 0) is 0 Å². The zero-order valence-corrected chi connectivity index (χ0v) is 74.4. The van der Waals surface area contributed by atoms with Crippen molar-refractivity contribution in [2.45, 2.75) is 0 Å². The first-order valence-electron chi connectivity index (χ1n) is 46.7. The van der Waals surface area contributed by atoms with Crippen molar-refractivity contribution < 1.29 is 0 Å². The average molecular weight is 1730 g/mol. The third-order valence-electron chi connectivity index (χ3n) is 27.4. The highest BCUT2D eigenvalue weighted by molar-refractivity contribution is 6.24. The van der Waals surface area contributed by atoms with Crippen LogP contribution in [0, 0.1) is 0 Å². The summed E-state index contributed by atoms with van der Waals surface area (Å²) in [5.41, 5.74) is 40.5. The summed E-state index contributed by atoms with van der Waals surface area (Å²) in [6.45, 7) is 0. The number of rotatable bonds is 18. The topological polar surface area (TPSA) is 35.6 Å². The van der Waals surface area contributed by atoms with Crippen molar-refractivity contribution >= 4 is 65.2 Å². The van der Waals surface area contributed by atoms with Gasteiger partial charge in [0.05, 0.1) is 22.1 Å². The molecule has 0 radical (unpaired) electrons. The lowest BCUT2D eigenvalue weighted by Crippen LogP contribution is -1.99. The van der Waals surface area contributed by atoms with E-state index in [1.165, 1.54) is 76.8 Å². The minimum absolute atomic E-state index is 0.864. The van der Waals surface area contributed by atoms with E-state index >= 15 is 0 Å². The number of fused-ring (bicyclic) bond motifs is 6. The van der Waals surface area contributed by atoms with Gasteiger partial charge in [-0.3, -0.25) is 9.13 Å². The van der Waals surface area contributed by atoms with Crippen molar-refractivity contribution in [3.63, 3.8) is 0 Å². The molecule has 0 spiro atoms. The highest BCUT2D eigenvalue weighted by atomic mass is 15.1. The Hall–Kier alpha value is -18.0. The summed E-state index contributed by atoms with van der Waals surface area (Å²) in [5.74, 6) is 1.78. The molecule has 25 rings (SSSR count). The molecule has 0 unspecified atom stereocenters. The molecule has 0 amide bonds. The Labute approximate surface area is 790 Å². The van der Waals surface area contributed by atoms with E-state index in [1.54, 1.807) is 0 Å². The maximum Gasteiger partial charge on any atom is 0.146 e. The van der Waals surface area contributed by atoms with E-state index in [2.05, 4.69) is 531 Å². The molecule has 0 bridgehead atoms. The van der Waals surface area contributed by atoms with Crippen LogP contribution in [0.2, 0.25) is 0 Å². The molecule has 23 aromatic carbocycles. The first-order chi connectivity index (χ1) is 67.5. The molecular weight excluding hydrogens is 1640 g/mol. The van der Waals surface area contributed by atoms with Crippen molar-refractivity contribution in [1.82, 2.24) is 19.1 Å². The summed E-state index contributed by atoms with van der Waals surface area (Å²) in [6.07, 6.45) is 0. The third kappa shape index (κ3) is 14.1. The van der Waals surface area contributed by atoms with Crippen LogP contribution < -0.4 is 0 Å². The van der Waals surface area contributed by atoms with E-state index in [9.17, 15) is 0 Å². The smallest absolute Gasteiger partial charge is 0.146 e. The molecule has 0 aliphatic heterocycles. The Balaban J connectivity index is 0.586. The van der Waals surface area contributed by atoms with E-state index in [1.807, 2.05) is 0 Å². The van der Waals surface area contributed by atoms with Gasteiger partial charge in [-0.15, -0.1) is 0 Å². The van der Waals surface area contributed by atoms with Crippen molar-refractivity contribution in [3.05, 3.63) is 522 Å². The Morgan fingerprint density at radius 1 is 0.125 bits per heavy atom. The summed E-state index contributed by atoms with van der Waals surface area (Å²) in [6, 6.07) is 191. The highest BCUT2D eigenvalue weighted by Crippen LogP contribution is 2.56. The fraction of sp³-hybridized carbons (Fsp3) is 0. The first kappa shape index (κ1) is 80.1. The largest absolute Gasteiger partial charge is 0.292 e. The van der Waals surface area contributed by atoms with Crippen LogP contribution in [0.5, 0.6) is 0 Å². The Bertz CT molecular complexity index is 8730. The summed E-state index contributed by atoms with van der Waals surface area (Å²) in [5, 5.41) is 9.36. The normalized spacial score (nSPS) is 11.5. The van der Waals surface area contributed by atoms with E-state index in [0.717, 1.165) is 178 Å². The number of nitrogens with zero attached hydrogens (tertiary/aromatic N) is 4. The molecule has 25 aromatic rings. The van der Waals surface area contributed by atoms with Gasteiger partial charge >= 0.3 is 0 Å².